The van der Waals surface area contributed by atoms with Crippen LogP contribution in [0.15, 0.2) is 36.4 Å². The fraction of sp³-hybridized carbons (Fsp3) is 0.250. The predicted octanol–water partition coefficient (Wildman–Crippen LogP) is 5.30. The second-order valence-corrected chi connectivity index (χ2v) is 5.38. The summed E-state index contributed by atoms with van der Waals surface area (Å²) in [5.74, 6) is -0.287. The Morgan fingerprint density at radius 2 is 1.90 bits per heavy atom. The molecule has 0 aromatic heterocycles. The highest BCUT2D eigenvalue weighted by molar-refractivity contribution is 6.43. The molecule has 0 bridgehead atoms. The minimum Gasteiger partial charge on any atom is -0.313 e. The number of hydrogen-bond acceptors (Lipinski definition) is 1. The zero-order valence-electron chi connectivity index (χ0n) is 11.2. The lowest BCUT2D eigenvalue weighted by Crippen LogP contribution is -2.13. The van der Waals surface area contributed by atoms with E-state index in [0.717, 1.165) is 18.5 Å². The van der Waals surface area contributed by atoms with Gasteiger partial charge in [0, 0.05) is 17.7 Å². The number of benzene rings is 2. The van der Waals surface area contributed by atoms with Gasteiger partial charge in [-0.3, -0.25) is 0 Å². The lowest BCUT2D eigenvalue weighted by Gasteiger charge is -2.09. The zero-order valence-corrected chi connectivity index (χ0v) is 12.7. The number of hydrogen-bond donors (Lipinski definition) is 1. The lowest BCUT2D eigenvalue weighted by atomic mass is 10.0. The molecule has 2 aromatic carbocycles. The van der Waals surface area contributed by atoms with Crippen LogP contribution in [0, 0.1) is 5.82 Å². The summed E-state index contributed by atoms with van der Waals surface area (Å²) in [6.07, 6.45) is 1.05. The smallest absolute Gasteiger partial charge is 0.131 e. The maximum absolute atomic E-state index is 14.2. The Balaban J connectivity index is 2.27. The van der Waals surface area contributed by atoms with E-state index in [4.69, 9.17) is 23.2 Å². The van der Waals surface area contributed by atoms with Crippen molar-refractivity contribution in [1.82, 2.24) is 5.32 Å². The highest BCUT2D eigenvalue weighted by Crippen LogP contribution is 2.34. The molecule has 0 heterocycles. The van der Waals surface area contributed by atoms with Crippen LogP contribution in [-0.4, -0.2) is 6.54 Å². The van der Waals surface area contributed by atoms with Gasteiger partial charge in [-0.15, -0.1) is 0 Å². The monoisotopic (exact) mass is 311 g/mol. The standard InChI is InChI=1S/C16H16Cl2FN/c1-2-8-20-10-11-6-7-12(15(19)9-11)13-4-3-5-14(17)16(13)18/h3-7,9,20H,2,8,10H2,1H3. The summed E-state index contributed by atoms with van der Waals surface area (Å²) in [6.45, 7) is 3.68. The van der Waals surface area contributed by atoms with E-state index in [9.17, 15) is 4.39 Å². The first kappa shape index (κ1) is 15.3. The molecule has 0 unspecified atom stereocenters. The van der Waals surface area contributed by atoms with Gasteiger partial charge < -0.3 is 5.32 Å². The van der Waals surface area contributed by atoms with Crippen molar-refractivity contribution in [3.63, 3.8) is 0 Å². The van der Waals surface area contributed by atoms with Crippen molar-refractivity contribution in [1.29, 1.82) is 0 Å². The van der Waals surface area contributed by atoms with Gasteiger partial charge in [0.2, 0.25) is 0 Å². The number of rotatable bonds is 5. The van der Waals surface area contributed by atoms with Crippen LogP contribution in [-0.2, 0) is 6.54 Å². The Bertz CT molecular complexity index is 599. The molecule has 1 nitrogen and oxygen atoms in total. The zero-order chi connectivity index (χ0) is 14.5. The van der Waals surface area contributed by atoms with E-state index < -0.39 is 0 Å². The molecule has 0 radical (unpaired) electrons. The third kappa shape index (κ3) is 3.51. The molecule has 0 atom stereocenters. The van der Waals surface area contributed by atoms with Crippen molar-refractivity contribution >= 4 is 23.2 Å². The van der Waals surface area contributed by atoms with Crippen LogP contribution in [0.2, 0.25) is 10.0 Å². The van der Waals surface area contributed by atoms with Crippen molar-refractivity contribution in [2.24, 2.45) is 0 Å². The summed E-state index contributed by atoms with van der Waals surface area (Å²) in [6, 6.07) is 10.4. The first-order chi connectivity index (χ1) is 9.63. The Labute approximate surface area is 128 Å². The first-order valence-electron chi connectivity index (χ1n) is 6.57. The second kappa shape index (κ2) is 7.07. The molecule has 4 heteroatoms. The van der Waals surface area contributed by atoms with Crippen LogP contribution >= 0.6 is 23.2 Å². The summed E-state index contributed by atoms with van der Waals surface area (Å²) >= 11 is 12.1. The van der Waals surface area contributed by atoms with Crippen LogP contribution in [0.25, 0.3) is 11.1 Å². The highest BCUT2D eigenvalue weighted by atomic mass is 35.5. The second-order valence-electron chi connectivity index (χ2n) is 4.59. The minimum absolute atomic E-state index is 0.287. The van der Waals surface area contributed by atoms with Gasteiger partial charge in [-0.2, -0.15) is 0 Å². The van der Waals surface area contributed by atoms with Gasteiger partial charge in [0.1, 0.15) is 5.82 Å². The molecule has 20 heavy (non-hydrogen) atoms. The molecule has 106 valence electrons. The van der Waals surface area contributed by atoms with Gasteiger partial charge in [-0.1, -0.05) is 54.4 Å². The van der Waals surface area contributed by atoms with Crippen molar-refractivity contribution in [3.05, 3.63) is 57.8 Å². The van der Waals surface area contributed by atoms with Gasteiger partial charge in [0.05, 0.1) is 10.0 Å². The average molecular weight is 312 g/mol. The topological polar surface area (TPSA) is 12.0 Å². The maximum Gasteiger partial charge on any atom is 0.131 e. The molecular formula is C16H16Cl2FN. The molecule has 0 amide bonds. The SMILES string of the molecule is CCCNCc1ccc(-c2cccc(Cl)c2Cl)c(F)c1. The highest BCUT2D eigenvalue weighted by Gasteiger charge is 2.11. The van der Waals surface area contributed by atoms with E-state index in [0.29, 0.717) is 27.7 Å². The van der Waals surface area contributed by atoms with Crippen LogP contribution < -0.4 is 5.32 Å². The minimum atomic E-state index is -0.287. The Morgan fingerprint density at radius 1 is 1.10 bits per heavy atom. The van der Waals surface area contributed by atoms with Gasteiger partial charge in [0.25, 0.3) is 0 Å². The quantitative estimate of drug-likeness (QED) is 0.739. The molecule has 2 rings (SSSR count). The van der Waals surface area contributed by atoms with Crippen molar-refractivity contribution < 1.29 is 4.39 Å². The first-order valence-corrected chi connectivity index (χ1v) is 7.32. The van der Waals surface area contributed by atoms with Crippen molar-refractivity contribution in [2.45, 2.75) is 19.9 Å². The molecule has 0 saturated heterocycles. The number of halogens is 3. The summed E-state index contributed by atoms with van der Waals surface area (Å²) in [5, 5.41) is 4.05. The Kier molecular flexibility index (Phi) is 5.41. The van der Waals surface area contributed by atoms with E-state index in [-0.39, 0.29) is 5.82 Å². The van der Waals surface area contributed by atoms with E-state index in [1.165, 1.54) is 6.07 Å². The molecule has 0 fully saturated rings. The van der Waals surface area contributed by atoms with Crippen LogP contribution in [0.3, 0.4) is 0 Å². The summed E-state index contributed by atoms with van der Waals surface area (Å²) in [4.78, 5) is 0. The van der Waals surface area contributed by atoms with Crippen LogP contribution in [0.1, 0.15) is 18.9 Å². The third-order valence-electron chi connectivity index (χ3n) is 3.03. The largest absolute Gasteiger partial charge is 0.313 e. The average Bonchev–Trinajstić information content (AvgIpc) is 2.43. The molecule has 0 aliphatic rings. The fourth-order valence-corrected chi connectivity index (χ4v) is 2.41. The summed E-state index contributed by atoms with van der Waals surface area (Å²) in [5.41, 5.74) is 2.00. The summed E-state index contributed by atoms with van der Waals surface area (Å²) in [7, 11) is 0. The molecular weight excluding hydrogens is 296 g/mol. The Morgan fingerprint density at radius 3 is 2.60 bits per heavy atom. The Hall–Kier alpha value is -1.09. The molecule has 2 aromatic rings. The van der Waals surface area contributed by atoms with Crippen LogP contribution in [0.5, 0.6) is 0 Å². The predicted molar refractivity (Wildman–Crippen MR) is 83.9 cm³/mol. The normalized spacial score (nSPS) is 10.8. The van der Waals surface area contributed by atoms with Gasteiger partial charge in [0.15, 0.2) is 0 Å². The molecule has 0 aliphatic carbocycles. The molecule has 0 aliphatic heterocycles. The maximum atomic E-state index is 14.2. The van der Waals surface area contributed by atoms with Gasteiger partial charge >= 0.3 is 0 Å². The van der Waals surface area contributed by atoms with E-state index in [1.807, 2.05) is 6.07 Å². The van der Waals surface area contributed by atoms with E-state index in [2.05, 4.69) is 12.2 Å². The molecule has 1 N–H and O–H groups in total. The lowest BCUT2D eigenvalue weighted by molar-refractivity contribution is 0.622. The van der Waals surface area contributed by atoms with Gasteiger partial charge in [-0.05, 0) is 30.7 Å². The van der Waals surface area contributed by atoms with E-state index in [1.54, 1.807) is 24.3 Å². The van der Waals surface area contributed by atoms with E-state index >= 15 is 0 Å². The number of nitrogens with one attached hydrogen (secondary N) is 1. The summed E-state index contributed by atoms with van der Waals surface area (Å²) < 4.78 is 14.2. The van der Waals surface area contributed by atoms with Crippen LogP contribution in [0.4, 0.5) is 4.39 Å². The third-order valence-corrected chi connectivity index (χ3v) is 3.85. The fourth-order valence-electron chi connectivity index (χ4n) is 2.01. The van der Waals surface area contributed by atoms with Crippen molar-refractivity contribution in [3.8, 4) is 11.1 Å². The molecule has 0 saturated carbocycles. The van der Waals surface area contributed by atoms with Gasteiger partial charge in [-0.25, -0.2) is 4.39 Å². The van der Waals surface area contributed by atoms with Crippen molar-refractivity contribution in [2.75, 3.05) is 6.54 Å². The molecule has 0 spiro atoms.